The van der Waals surface area contributed by atoms with Gasteiger partial charge in [0, 0.05) is 41.7 Å². The van der Waals surface area contributed by atoms with E-state index < -0.39 is 5.63 Å². The molecule has 0 radical (unpaired) electrons. The van der Waals surface area contributed by atoms with Crippen LogP contribution in [0.5, 0.6) is 0 Å². The molecule has 1 amide bonds. The predicted molar refractivity (Wildman–Crippen MR) is 114 cm³/mol. The molecule has 0 atom stereocenters. The first-order valence-corrected chi connectivity index (χ1v) is 10.1. The smallest absolute Gasteiger partial charge is 0.349 e. The van der Waals surface area contributed by atoms with Gasteiger partial charge in [-0.25, -0.2) is 4.79 Å². The Labute approximate surface area is 171 Å². The lowest BCUT2D eigenvalue weighted by molar-refractivity contribution is 0.0742. The van der Waals surface area contributed by atoms with Crippen LogP contribution in [-0.2, 0) is 0 Å². The first-order chi connectivity index (χ1) is 13.4. The number of fused-ring (bicyclic) bond motifs is 1. The van der Waals surface area contributed by atoms with Gasteiger partial charge >= 0.3 is 5.63 Å². The van der Waals surface area contributed by atoms with E-state index in [1.54, 1.807) is 23.1 Å². The molecule has 0 aliphatic carbocycles. The van der Waals surface area contributed by atoms with Crippen LogP contribution >= 0.6 is 15.9 Å². The van der Waals surface area contributed by atoms with Crippen molar-refractivity contribution in [2.75, 3.05) is 31.1 Å². The van der Waals surface area contributed by atoms with Gasteiger partial charge in [-0.05, 0) is 61.4 Å². The van der Waals surface area contributed by atoms with Crippen molar-refractivity contribution < 1.29 is 9.21 Å². The SMILES string of the molecule is Cc1ccc(N2CCN(C(=O)c3cc4cc(Br)ccc4oc3=O)CC2)cc1C. The topological polar surface area (TPSA) is 53.8 Å². The number of halogens is 1. The minimum Gasteiger partial charge on any atom is -0.422 e. The van der Waals surface area contributed by atoms with Crippen molar-refractivity contribution in [3.05, 3.63) is 74.0 Å². The maximum absolute atomic E-state index is 12.9. The average Bonchev–Trinajstić information content (AvgIpc) is 2.69. The van der Waals surface area contributed by atoms with Crippen molar-refractivity contribution in [1.29, 1.82) is 0 Å². The second kappa shape index (κ2) is 7.43. The monoisotopic (exact) mass is 440 g/mol. The van der Waals surface area contributed by atoms with Crippen molar-refractivity contribution in [3.8, 4) is 0 Å². The summed E-state index contributed by atoms with van der Waals surface area (Å²) in [6.07, 6.45) is 0. The lowest BCUT2D eigenvalue weighted by Gasteiger charge is -2.36. The summed E-state index contributed by atoms with van der Waals surface area (Å²) in [6.45, 7) is 6.82. The molecule has 3 aromatic rings. The van der Waals surface area contributed by atoms with Gasteiger partial charge in [0.2, 0.25) is 0 Å². The van der Waals surface area contributed by atoms with Crippen molar-refractivity contribution >= 4 is 38.5 Å². The Morgan fingerprint density at radius 1 is 0.964 bits per heavy atom. The fraction of sp³-hybridized carbons (Fsp3) is 0.273. The molecule has 0 unspecified atom stereocenters. The molecule has 0 spiro atoms. The van der Waals surface area contributed by atoms with Gasteiger partial charge in [-0.2, -0.15) is 0 Å². The maximum atomic E-state index is 12.9. The summed E-state index contributed by atoms with van der Waals surface area (Å²) in [5.41, 5.74) is 3.68. The van der Waals surface area contributed by atoms with Gasteiger partial charge in [0.1, 0.15) is 11.1 Å². The summed E-state index contributed by atoms with van der Waals surface area (Å²) in [5.74, 6) is -0.268. The van der Waals surface area contributed by atoms with E-state index in [-0.39, 0.29) is 11.5 Å². The summed E-state index contributed by atoms with van der Waals surface area (Å²) in [5, 5.41) is 0.728. The Bertz CT molecular complexity index is 1110. The normalized spacial score (nSPS) is 14.5. The average molecular weight is 441 g/mol. The quantitative estimate of drug-likeness (QED) is 0.562. The fourth-order valence-corrected chi connectivity index (χ4v) is 3.88. The van der Waals surface area contributed by atoms with Gasteiger partial charge in [-0.3, -0.25) is 4.79 Å². The van der Waals surface area contributed by atoms with Gasteiger partial charge < -0.3 is 14.2 Å². The van der Waals surface area contributed by atoms with Crippen molar-refractivity contribution in [2.24, 2.45) is 0 Å². The van der Waals surface area contributed by atoms with Crippen LogP contribution in [0.1, 0.15) is 21.5 Å². The van der Waals surface area contributed by atoms with Crippen LogP contribution in [0.15, 0.2) is 56.1 Å². The molecule has 0 N–H and O–H groups in total. The molecule has 1 aliphatic heterocycles. The van der Waals surface area contributed by atoms with Crippen LogP contribution in [0.3, 0.4) is 0 Å². The molecular weight excluding hydrogens is 420 g/mol. The number of nitrogens with zero attached hydrogens (tertiary/aromatic N) is 2. The van der Waals surface area contributed by atoms with Crippen LogP contribution in [0.4, 0.5) is 5.69 Å². The first kappa shape index (κ1) is 18.7. The van der Waals surface area contributed by atoms with Gasteiger partial charge in [0.25, 0.3) is 5.91 Å². The molecule has 5 nitrogen and oxygen atoms in total. The van der Waals surface area contributed by atoms with E-state index >= 15 is 0 Å². The molecule has 0 bridgehead atoms. The van der Waals surface area contributed by atoms with Crippen molar-refractivity contribution in [3.63, 3.8) is 0 Å². The summed E-state index contributed by atoms with van der Waals surface area (Å²) in [4.78, 5) is 29.3. The largest absolute Gasteiger partial charge is 0.422 e. The lowest BCUT2D eigenvalue weighted by Crippen LogP contribution is -2.49. The zero-order valence-electron chi connectivity index (χ0n) is 15.9. The number of piperazine rings is 1. The van der Waals surface area contributed by atoms with Gasteiger partial charge in [-0.15, -0.1) is 0 Å². The number of rotatable bonds is 2. The van der Waals surface area contributed by atoms with Crippen molar-refractivity contribution in [2.45, 2.75) is 13.8 Å². The fourth-order valence-electron chi connectivity index (χ4n) is 3.50. The molecule has 0 saturated carbocycles. The van der Waals surface area contributed by atoms with Gasteiger partial charge in [-0.1, -0.05) is 22.0 Å². The van der Waals surface area contributed by atoms with Gasteiger partial charge in [0.05, 0.1) is 0 Å². The molecule has 2 aromatic carbocycles. The number of carbonyl (C=O) groups excluding carboxylic acids is 1. The minimum atomic E-state index is -0.587. The Balaban J connectivity index is 1.52. The van der Waals surface area contributed by atoms with E-state index in [1.165, 1.54) is 16.8 Å². The number of anilines is 1. The highest BCUT2D eigenvalue weighted by Crippen LogP contribution is 2.22. The third-order valence-electron chi connectivity index (χ3n) is 5.35. The summed E-state index contributed by atoms with van der Waals surface area (Å²) in [6, 6.07) is 13.4. The lowest BCUT2D eigenvalue weighted by atomic mass is 10.1. The molecular formula is C22H21BrN2O3. The summed E-state index contributed by atoms with van der Waals surface area (Å²) < 4.78 is 6.21. The number of amides is 1. The van der Waals surface area contributed by atoms with E-state index in [1.807, 2.05) is 6.07 Å². The predicted octanol–water partition coefficient (Wildman–Crippen LogP) is 4.13. The highest BCUT2D eigenvalue weighted by Gasteiger charge is 2.25. The van der Waals surface area contributed by atoms with Gasteiger partial charge in [0.15, 0.2) is 0 Å². The molecule has 28 heavy (non-hydrogen) atoms. The molecule has 1 fully saturated rings. The Morgan fingerprint density at radius 2 is 1.71 bits per heavy atom. The Kier molecular flexibility index (Phi) is 4.98. The second-order valence-corrected chi connectivity index (χ2v) is 8.09. The van der Waals surface area contributed by atoms with E-state index in [4.69, 9.17) is 4.42 Å². The van der Waals surface area contributed by atoms with E-state index in [0.29, 0.717) is 18.7 Å². The Hall–Kier alpha value is -2.60. The number of benzene rings is 2. The van der Waals surface area contributed by atoms with Crippen molar-refractivity contribution in [1.82, 2.24) is 4.90 Å². The zero-order chi connectivity index (χ0) is 19.8. The van der Waals surface area contributed by atoms with E-state index in [2.05, 4.69) is 52.9 Å². The van der Waals surface area contributed by atoms with Crippen LogP contribution < -0.4 is 10.5 Å². The number of carbonyl (C=O) groups is 1. The van der Waals surface area contributed by atoms with Crippen LogP contribution in [0, 0.1) is 13.8 Å². The minimum absolute atomic E-state index is 0.0882. The highest BCUT2D eigenvalue weighted by atomic mass is 79.9. The van der Waals surface area contributed by atoms with Crippen LogP contribution in [-0.4, -0.2) is 37.0 Å². The molecule has 6 heteroatoms. The summed E-state index contributed by atoms with van der Waals surface area (Å²) >= 11 is 3.41. The molecule has 1 aromatic heterocycles. The van der Waals surface area contributed by atoms with Crippen LogP contribution in [0.2, 0.25) is 0 Å². The molecule has 4 rings (SSSR count). The van der Waals surface area contributed by atoms with E-state index in [9.17, 15) is 9.59 Å². The molecule has 144 valence electrons. The molecule has 2 heterocycles. The second-order valence-electron chi connectivity index (χ2n) is 7.18. The first-order valence-electron chi connectivity index (χ1n) is 9.27. The molecule has 1 saturated heterocycles. The highest BCUT2D eigenvalue weighted by molar-refractivity contribution is 9.10. The number of hydrogen-bond acceptors (Lipinski definition) is 4. The van der Waals surface area contributed by atoms with E-state index in [0.717, 1.165) is 22.9 Å². The number of aryl methyl sites for hydroxylation is 2. The third kappa shape index (κ3) is 3.56. The maximum Gasteiger partial charge on any atom is 0.349 e. The zero-order valence-corrected chi connectivity index (χ0v) is 17.5. The number of hydrogen-bond donors (Lipinski definition) is 0. The molecule has 1 aliphatic rings. The Morgan fingerprint density at radius 3 is 2.43 bits per heavy atom. The standard InChI is InChI=1S/C22H21BrN2O3/c1-14-3-5-18(11-15(14)2)24-7-9-25(10-8-24)21(26)19-13-16-12-17(23)4-6-20(16)28-22(19)27/h3-6,11-13H,7-10H2,1-2H3. The van der Waals surface area contributed by atoms with Crippen LogP contribution in [0.25, 0.3) is 11.0 Å². The third-order valence-corrected chi connectivity index (χ3v) is 5.84. The summed E-state index contributed by atoms with van der Waals surface area (Å²) in [7, 11) is 0.